The van der Waals surface area contributed by atoms with Crippen molar-refractivity contribution in [2.45, 2.75) is 72.5 Å². The van der Waals surface area contributed by atoms with Crippen LogP contribution in [0.2, 0.25) is 13.1 Å². The van der Waals surface area contributed by atoms with Crippen LogP contribution >= 0.6 is 0 Å². The lowest BCUT2D eigenvalue weighted by Gasteiger charge is -2.36. The maximum Gasteiger partial charge on any atom is 0.0835 e. The number of rotatable bonds is 2. The molecule has 0 spiro atoms. The van der Waals surface area contributed by atoms with Gasteiger partial charge < -0.3 is 0 Å². The summed E-state index contributed by atoms with van der Waals surface area (Å²) in [5.74, 6) is 1.45. The highest BCUT2D eigenvalue weighted by Gasteiger charge is 2.48. The molecule has 0 aromatic heterocycles. The summed E-state index contributed by atoms with van der Waals surface area (Å²) in [5, 5.41) is 1.74. The third kappa shape index (κ3) is 2.23. The Morgan fingerprint density at radius 3 is 1.96 bits per heavy atom. The molecular formula is C22H32Si. The highest BCUT2D eigenvalue weighted by Crippen LogP contribution is 2.55. The number of hydrogen-bond acceptors (Lipinski definition) is 0. The zero-order chi connectivity index (χ0) is 17.1. The second-order valence-electron chi connectivity index (χ2n) is 8.50. The van der Waals surface area contributed by atoms with Crippen LogP contribution < -0.4 is 0 Å². The smallest absolute Gasteiger partial charge is 0.0809 e. The van der Waals surface area contributed by atoms with Crippen molar-refractivity contribution in [1.29, 1.82) is 0 Å². The number of fused-ring (bicyclic) bond motifs is 1. The van der Waals surface area contributed by atoms with E-state index in [0.29, 0.717) is 5.92 Å². The van der Waals surface area contributed by atoms with E-state index in [1.165, 1.54) is 17.5 Å². The van der Waals surface area contributed by atoms with Crippen LogP contribution in [0.4, 0.5) is 0 Å². The minimum Gasteiger partial charge on any atom is -0.0809 e. The van der Waals surface area contributed by atoms with Crippen LogP contribution in [0.1, 0.15) is 65.1 Å². The second-order valence-corrected chi connectivity index (χ2v) is 13.2. The lowest BCUT2D eigenvalue weighted by Crippen LogP contribution is -2.40. The van der Waals surface area contributed by atoms with Crippen LogP contribution in [0.5, 0.6) is 0 Å². The topological polar surface area (TPSA) is 0 Å². The van der Waals surface area contributed by atoms with E-state index in [9.17, 15) is 0 Å². The maximum absolute atomic E-state index is 2.61. The summed E-state index contributed by atoms with van der Waals surface area (Å²) < 4.78 is 0. The van der Waals surface area contributed by atoms with Crippen molar-refractivity contribution >= 4 is 8.07 Å². The third-order valence-corrected chi connectivity index (χ3v) is 11.6. The molecule has 0 nitrogen and oxygen atoms in total. The molecule has 124 valence electrons. The Hall–Kier alpha value is -1.08. The first kappa shape index (κ1) is 16.8. The van der Waals surface area contributed by atoms with E-state index in [1.54, 1.807) is 27.5 Å². The third-order valence-electron chi connectivity index (χ3n) is 7.24. The van der Waals surface area contributed by atoms with E-state index in [-0.39, 0.29) is 0 Å². The van der Waals surface area contributed by atoms with Gasteiger partial charge in [0.15, 0.2) is 0 Å². The minimum atomic E-state index is -1.49. The Labute approximate surface area is 143 Å². The summed E-state index contributed by atoms with van der Waals surface area (Å²) in [7, 11) is -1.49. The molecule has 1 aromatic rings. The van der Waals surface area contributed by atoms with Gasteiger partial charge in [0.05, 0.1) is 8.07 Å². The summed E-state index contributed by atoms with van der Waals surface area (Å²) in [5.41, 5.74) is 10.4. The lowest BCUT2D eigenvalue weighted by molar-refractivity contribution is 0.507. The fourth-order valence-corrected chi connectivity index (χ4v) is 9.58. The fourth-order valence-electron chi connectivity index (χ4n) is 5.32. The normalized spacial score (nSPS) is 26.6. The van der Waals surface area contributed by atoms with Gasteiger partial charge in [0.1, 0.15) is 0 Å². The van der Waals surface area contributed by atoms with Gasteiger partial charge in [-0.3, -0.25) is 0 Å². The molecule has 0 saturated heterocycles. The number of benzene rings is 1. The van der Waals surface area contributed by atoms with Crippen LogP contribution in [-0.2, 0) is 0 Å². The van der Waals surface area contributed by atoms with Gasteiger partial charge in [-0.2, -0.15) is 0 Å². The first-order valence-corrected chi connectivity index (χ1v) is 12.2. The molecule has 1 heteroatoms. The summed E-state index contributed by atoms with van der Waals surface area (Å²) in [6.45, 7) is 19.6. The van der Waals surface area contributed by atoms with Gasteiger partial charge in [-0.25, -0.2) is 0 Å². The van der Waals surface area contributed by atoms with E-state index in [1.807, 2.05) is 0 Å². The molecule has 1 aromatic carbocycles. The van der Waals surface area contributed by atoms with Gasteiger partial charge in [-0.05, 0) is 84.9 Å². The second kappa shape index (κ2) is 5.48. The molecule has 0 heterocycles. The van der Waals surface area contributed by atoms with Crippen molar-refractivity contribution in [2.75, 3.05) is 0 Å². The molecule has 2 aliphatic rings. The van der Waals surface area contributed by atoms with Gasteiger partial charge >= 0.3 is 0 Å². The molecule has 0 N–H and O–H groups in total. The van der Waals surface area contributed by atoms with Gasteiger partial charge in [-0.1, -0.05) is 50.4 Å². The minimum absolute atomic E-state index is 0.690. The quantitative estimate of drug-likeness (QED) is 0.550. The van der Waals surface area contributed by atoms with Gasteiger partial charge in [0.25, 0.3) is 0 Å². The van der Waals surface area contributed by atoms with Crippen LogP contribution in [-0.4, -0.2) is 8.07 Å². The Morgan fingerprint density at radius 2 is 1.43 bits per heavy atom. The van der Waals surface area contributed by atoms with Crippen molar-refractivity contribution in [3.05, 3.63) is 56.8 Å². The summed E-state index contributed by atoms with van der Waals surface area (Å²) in [6.07, 6.45) is 8.22. The predicted octanol–water partition coefficient (Wildman–Crippen LogP) is 6.43. The molecular weight excluding hydrogens is 292 g/mol. The Balaban J connectivity index is 2.24. The highest BCUT2D eigenvalue weighted by molar-refractivity contribution is 6.85. The van der Waals surface area contributed by atoms with Crippen molar-refractivity contribution < 1.29 is 0 Å². The zero-order valence-corrected chi connectivity index (χ0v) is 17.2. The van der Waals surface area contributed by atoms with E-state index < -0.39 is 8.07 Å². The van der Waals surface area contributed by atoms with E-state index >= 15 is 0 Å². The molecule has 3 rings (SSSR count). The average Bonchev–Trinajstić information content (AvgIpc) is 3.12. The molecule has 0 fully saturated rings. The van der Waals surface area contributed by atoms with Gasteiger partial charge in [-0.15, -0.1) is 0 Å². The first-order chi connectivity index (χ1) is 10.7. The SMILES string of the molecule is Cc1c(C)c(C)c2c(c1C)C(C)[C@H](C)[C@@H]2[Si](C)(C)C1=CC=CC1. The van der Waals surface area contributed by atoms with Crippen molar-refractivity contribution in [3.8, 4) is 0 Å². The maximum atomic E-state index is 2.61. The van der Waals surface area contributed by atoms with Crippen molar-refractivity contribution in [1.82, 2.24) is 0 Å². The molecule has 0 bridgehead atoms. The Kier molecular flexibility index (Phi) is 3.99. The van der Waals surface area contributed by atoms with Crippen LogP contribution in [0.3, 0.4) is 0 Å². The zero-order valence-electron chi connectivity index (χ0n) is 16.2. The number of hydrogen-bond donors (Lipinski definition) is 0. The lowest BCUT2D eigenvalue weighted by atomic mass is 9.87. The first-order valence-electron chi connectivity index (χ1n) is 9.15. The molecule has 0 saturated carbocycles. The summed E-state index contributed by atoms with van der Waals surface area (Å²) in [4.78, 5) is 0. The highest BCUT2D eigenvalue weighted by atomic mass is 28.3. The molecule has 0 radical (unpaired) electrons. The summed E-state index contributed by atoms with van der Waals surface area (Å²) in [6, 6.07) is 0. The van der Waals surface area contributed by atoms with Gasteiger partial charge in [0, 0.05) is 0 Å². The largest absolute Gasteiger partial charge is 0.0835 e. The Bertz CT molecular complexity index is 718. The van der Waals surface area contributed by atoms with Crippen molar-refractivity contribution in [3.63, 3.8) is 0 Å². The van der Waals surface area contributed by atoms with E-state index in [0.717, 1.165) is 11.5 Å². The van der Waals surface area contributed by atoms with Gasteiger partial charge in [0.2, 0.25) is 0 Å². The Morgan fingerprint density at radius 1 is 0.870 bits per heavy atom. The molecule has 0 amide bonds. The van der Waals surface area contributed by atoms with Crippen molar-refractivity contribution in [2.24, 2.45) is 5.92 Å². The standard InChI is InChI=1S/C22H32Si/c1-13-14(2)16(4)21-20(15(13)3)17(5)18(6)22(21)23(7,8)19-11-9-10-12-19/h9-11,17-18,22H,12H2,1-8H3/t17?,18-,22-/m0/s1. The summed E-state index contributed by atoms with van der Waals surface area (Å²) >= 11 is 0. The van der Waals surface area contributed by atoms with Crippen LogP contribution in [0.25, 0.3) is 0 Å². The van der Waals surface area contributed by atoms with E-state index in [2.05, 4.69) is 72.9 Å². The van der Waals surface area contributed by atoms with E-state index in [4.69, 9.17) is 0 Å². The van der Waals surface area contributed by atoms with Crippen LogP contribution in [0, 0.1) is 33.6 Å². The molecule has 3 atom stereocenters. The molecule has 23 heavy (non-hydrogen) atoms. The monoisotopic (exact) mass is 324 g/mol. The average molecular weight is 325 g/mol. The van der Waals surface area contributed by atoms with Crippen LogP contribution in [0.15, 0.2) is 23.4 Å². The molecule has 1 unspecified atom stereocenters. The molecule has 0 aliphatic heterocycles. The molecule has 2 aliphatic carbocycles. The predicted molar refractivity (Wildman–Crippen MR) is 105 cm³/mol. The fraction of sp³-hybridized carbons (Fsp3) is 0.545. The number of allylic oxidation sites excluding steroid dienone is 4.